The molecule has 0 N–H and O–H groups in total. The minimum absolute atomic E-state index is 0.00100. The van der Waals surface area contributed by atoms with Crippen LogP contribution in [0.25, 0.3) is 0 Å². The lowest BCUT2D eigenvalue weighted by Crippen LogP contribution is -2.39. The van der Waals surface area contributed by atoms with Crippen molar-refractivity contribution in [1.82, 2.24) is 30.0 Å². The van der Waals surface area contributed by atoms with Crippen LogP contribution in [0.2, 0.25) is 0 Å². The molecule has 21 heavy (non-hydrogen) atoms. The van der Waals surface area contributed by atoms with Crippen LogP contribution in [0.3, 0.4) is 0 Å². The normalized spacial score (nSPS) is 21.3. The van der Waals surface area contributed by atoms with E-state index in [0.29, 0.717) is 13.1 Å². The molecule has 0 spiro atoms. The van der Waals surface area contributed by atoms with Gasteiger partial charge >= 0.3 is 6.18 Å². The summed E-state index contributed by atoms with van der Waals surface area (Å²) in [6.07, 6.45) is -2.89. The van der Waals surface area contributed by atoms with E-state index in [-0.39, 0.29) is 31.5 Å². The second-order valence-corrected chi connectivity index (χ2v) is 5.30. The Morgan fingerprint density at radius 3 is 2.71 bits per heavy atom. The number of hydrogen-bond donors (Lipinski definition) is 0. The summed E-state index contributed by atoms with van der Waals surface area (Å²) in [4.78, 5) is 15.0. The van der Waals surface area contributed by atoms with E-state index in [1.165, 1.54) is 15.9 Å². The average Bonchev–Trinajstić information content (AvgIpc) is 2.77. The highest BCUT2D eigenvalue weighted by molar-refractivity contribution is 5.75. The highest BCUT2D eigenvalue weighted by Crippen LogP contribution is 2.19. The predicted octanol–water partition coefficient (Wildman–Crippen LogP) is 0.0157. The second kappa shape index (κ2) is 6.37. The summed E-state index contributed by atoms with van der Waals surface area (Å²) in [5, 5.41) is 10.5. The molecule has 0 aromatic carbocycles. The first-order chi connectivity index (χ1) is 9.83. The first-order valence-corrected chi connectivity index (χ1v) is 6.61. The number of aromatic nitrogens is 4. The van der Waals surface area contributed by atoms with E-state index in [1.54, 1.807) is 4.90 Å². The molecule has 1 aliphatic rings. The minimum atomic E-state index is -4.22. The molecular formula is C11H17F3N6O. The van der Waals surface area contributed by atoms with Crippen LogP contribution in [0.15, 0.2) is 6.33 Å². The second-order valence-electron chi connectivity index (χ2n) is 5.30. The maximum atomic E-state index is 12.5. The van der Waals surface area contributed by atoms with E-state index in [1.807, 2.05) is 6.92 Å². The third kappa shape index (κ3) is 4.96. The lowest BCUT2D eigenvalue weighted by Gasteiger charge is -2.22. The Morgan fingerprint density at radius 1 is 1.33 bits per heavy atom. The minimum Gasteiger partial charge on any atom is -0.339 e. The van der Waals surface area contributed by atoms with Crippen molar-refractivity contribution in [1.29, 1.82) is 0 Å². The van der Waals surface area contributed by atoms with Crippen LogP contribution in [0.4, 0.5) is 13.2 Å². The number of hydrogen-bond acceptors (Lipinski definition) is 5. The van der Waals surface area contributed by atoms with Crippen molar-refractivity contribution in [3.63, 3.8) is 0 Å². The molecule has 10 heteroatoms. The highest BCUT2D eigenvalue weighted by atomic mass is 19.4. The third-order valence-electron chi connectivity index (χ3n) is 3.23. The summed E-state index contributed by atoms with van der Waals surface area (Å²) in [5.41, 5.74) is 0. The molecule has 1 unspecified atom stereocenters. The highest BCUT2D eigenvalue weighted by Gasteiger charge is 2.33. The Labute approximate surface area is 119 Å². The zero-order chi connectivity index (χ0) is 15.5. The number of tetrazole rings is 1. The molecule has 0 saturated carbocycles. The molecular weight excluding hydrogens is 289 g/mol. The molecule has 118 valence electrons. The molecule has 1 aliphatic heterocycles. The summed E-state index contributed by atoms with van der Waals surface area (Å²) >= 11 is 0. The topological polar surface area (TPSA) is 67.2 Å². The summed E-state index contributed by atoms with van der Waals surface area (Å²) in [5.74, 6) is -0.212. The fourth-order valence-electron chi connectivity index (χ4n) is 2.43. The molecule has 0 bridgehead atoms. The van der Waals surface area contributed by atoms with Gasteiger partial charge in [0.25, 0.3) is 0 Å². The molecule has 2 rings (SSSR count). The van der Waals surface area contributed by atoms with Crippen LogP contribution in [0, 0.1) is 5.92 Å². The van der Waals surface area contributed by atoms with E-state index >= 15 is 0 Å². The molecule has 2 heterocycles. The number of carbonyl (C=O) groups is 1. The van der Waals surface area contributed by atoms with Crippen molar-refractivity contribution in [3.8, 4) is 0 Å². The maximum Gasteiger partial charge on any atom is 0.401 e. The largest absolute Gasteiger partial charge is 0.401 e. The van der Waals surface area contributed by atoms with Crippen LogP contribution in [0.1, 0.15) is 6.92 Å². The van der Waals surface area contributed by atoms with Crippen molar-refractivity contribution in [2.24, 2.45) is 5.92 Å². The fraction of sp³-hybridized carbons (Fsp3) is 0.818. The van der Waals surface area contributed by atoms with E-state index in [2.05, 4.69) is 15.5 Å². The van der Waals surface area contributed by atoms with Gasteiger partial charge in [0.1, 0.15) is 12.9 Å². The van der Waals surface area contributed by atoms with Crippen LogP contribution in [0.5, 0.6) is 0 Å². The zero-order valence-electron chi connectivity index (χ0n) is 11.6. The number of carbonyl (C=O) groups excluding carboxylic acids is 1. The number of amides is 1. The summed E-state index contributed by atoms with van der Waals surface area (Å²) in [6.45, 7) is 2.16. The van der Waals surface area contributed by atoms with Gasteiger partial charge in [-0.05, 0) is 16.3 Å². The fourth-order valence-corrected chi connectivity index (χ4v) is 2.43. The smallest absolute Gasteiger partial charge is 0.339 e. The van der Waals surface area contributed by atoms with Gasteiger partial charge in [0.2, 0.25) is 5.91 Å². The van der Waals surface area contributed by atoms with Gasteiger partial charge in [0, 0.05) is 26.2 Å². The van der Waals surface area contributed by atoms with E-state index in [0.717, 1.165) is 0 Å². The van der Waals surface area contributed by atoms with Gasteiger partial charge in [0.05, 0.1) is 6.54 Å². The van der Waals surface area contributed by atoms with Crippen LogP contribution in [-0.2, 0) is 11.3 Å². The molecule has 1 atom stereocenters. The van der Waals surface area contributed by atoms with Gasteiger partial charge in [-0.3, -0.25) is 9.69 Å². The third-order valence-corrected chi connectivity index (χ3v) is 3.23. The monoisotopic (exact) mass is 306 g/mol. The Bertz CT molecular complexity index is 463. The molecule has 0 aliphatic carbocycles. The van der Waals surface area contributed by atoms with Crippen molar-refractivity contribution >= 4 is 5.91 Å². The quantitative estimate of drug-likeness (QED) is 0.787. The Balaban J connectivity index is 1.92. The molecule has 1 aromatic heterocycles. The van der Waals surface area contributed by atoms with Crippen LogP contribution < -0.4 is 0 Å². The van der Waals surface area contributed by atoms with Crippen molar-refractivity contribution in [3.05, 3.63) is 6.33 Å². The molecule has 0 radical (unpaired) electrons. The molecule has 1 fully saturated rings. The van der Waals surface area contributed by atoms with Crippen molar-refractivity contribution in [2.45, 2.75) is 19.6 Å². The summed E-state index contributed by atoms with van der Waals surface area (Å²) < 4.78 is 38.7. The van der Waals surface area contributed by atoms with Gasteiger partial charge in [-0.15, -0.1) is 5.10 Å². The van der Waals surface area contributed by atoms with Gasteiger partial charge in [-0.2, -0.15) is 13.2 Å². The SMILES string of the molecule is CC1CN(CC(F)(F)F)CCN(C(=O)Cn2cnnn2)C1. The summed E-state index contributed by atoms with van der Waals surface area (Å²) in [7, 11) is 0. The molecule has 1 amide bonds. The Hall–Kier alpha value is -1.71. The number of rotatable bonds is 3. The van der Waals surface area contributed by atoms with Gasteiger partial charge in [-0.25, -0.2) is 4.68 Å². The average molecular weight is 306 g/mol. The van der Waals surface area contributed by atoms with Gasteiger partial charge < -0.3 is 4.90 Å². The zero-order valence-corrected chi connectivity index (χ0v) is 11.6. The summed E-state index contributed by atoms with van der Waals surface area (Å²) in [6, 6.07) is 0. The van der Waals surface area contributed by atoms with Crippen LogP contribution in [-0.4, -0.2) is 74.8 Å². The van der Waals surface area contributed by atoms with E-state index < -0.39 is 12.7 Å². The van der Waals surface area contributed by atoms with E-state index in [4.69, 9.17) is 0 Å². The Morgan fingerprint density at radius 2 is 2.10 bits per heavy atom. The molecule has 1 aromatic rings. The Kier molecular flexibility index (Phi) is 4.76. The van der Waals surface area contributed by atoms with Crippen molar-refractivity contribution < 1.29 is 18.0 Å². The standard InChI is InChI=1S/C11H17F3N6O/c1-9-4-18(7-11(12,13)14)2-3-19(5-9)10(21)6-20-8-15-16-17-20/h8-9H,2-7H2,1H3. The first kappa shape index (κ1) is 15.7. The van der Waals surface area contributed by atoms with Gasteiger partial charge in [0.15, 0.2) is 0 Å². The maximum absolute atomic E-state index is 12.5. The van der Waals surface area contributed by atoms with Crippen LogP contribution >= 0.6 is 0 Å². The molecule has 1 saturated heterocycles. The first-order valence-electron chi connectivity index (χ1n) is 6.61. The predicted molar refractivity (Wildman–Crippen MR) is 66.1 cm³/mol. The number of halogens is 3. The lowest BCUT2D eigenvalue weighted by molar-refractivity contribution is -0.146. The lowest BCUT2D eigenvalue weighted by atomic mass is 10.1. The van der Waals surface area contributed by atoms with Gasteiger partial charge in [-0.1, -0.05) is 6.92 Å². The number of alkyl halides is 3. The molecule has 7 nitrogen and oxygen atoms in total. The van der Waals surface area contributed by atoms with Crippen molar-refractivity contribution in [2.75, 3.05) is 32.7 Å². The van der Waals surface area contributed by atoms with E-state index in [9.17, 15) is 18.0 Å². The number of nitrogens with zero attached hydrogens (tertiary/aromatic N) is 6.